The number of benzene rings is 1. The Morgan fingerprint density at radius 1 is 1.33 bits per heavy atom. The number of anilines is 1. The van der Waals surface area contributed by atoms with Crippen molar-refractivity contribution in [1.29, 1.82) is 5.26 Å². The summed E-state index contributed by atoms with van der Waals surface area (Å²) in [5, 5.41) is 9.46. The van der Waals surface area contributed by atoms with Crippen LogP contribution in [0.2, 0.25) is 5.02 Å². The van der Waals surface area contributed by atoms with Gasteiger partial charge in [0.2, 0.25) is 10.0 Å². The SMILES string of the molecule is CN(C(=O)OC(C)(C)C)S(=O)(=O)CCCN1C(=S)N(c2ccc(C#N)c(Cl)c2)C(=O)C1(C)C. The van der Waals surface area contributed by atoms with Crippen molar-refractivity contribution < 1.29 is 22.7 Å². The van der Waals surface area contributed by atoms with Crippen molar-refractivity contribution in [3.05, 3.63) is 28.8 Å². The van der Waals surface area contributed by atoms with Gasteiger partial charge in [0, 0.05) is 13.6 Å². The molecule has 1 saturated heterocycles. The number of thiocarbonyl (C=S) groups is 1. The summed E-state index contributed by atoms with van der Waals surface area (Å²) in [5.41, 5.74) is -1.17. The number of sulfonamides is 1. The molecular formula is C21H27ClN4O5S2. The van der Waals surface area contributed by atoms with Crippen molar-refractivity contribution in [3.8, 4) is 6.07 Å². The number of rotatable bonds is 6. The second kappa shape index (κ2) is 9.44. The average Bonchev–Trinajstić information content (AvgIpc) is 2.85. The summed E-state index contributed by atoms with van der Waals surface area (Å²) < 4.78 is 30.9. The van der Waals surface area contributed by atoms with Gasteiger partial charge in [-0.3, -0.25) is 9.69 Å². The van der Waals surface area contributed by atoms with Crippen LogP contribution in [0.1, 0.15) is 46.6 Å². The van der Waals surface area contributed by atoms with E-state index in [4.69, 9.17) is 33.8 Å². The highest BCUT2D eigenvalue weighted by Gasteiger charge is 2.49. The molecule has 0 N–H and O–H groups in total. The second-order valence-electron chi connectivity index (χ2n) is 9.03. The van der Waals surface area contributed by atoms with Crippen molar-refractivity contribution in [2.24, 2.45) is 0 Å². The number of halogens is 1. The van der Waals surface area contributed by atoms with Crippen LogP contribution >= 0.6 is 23.8 Å². The van der Waals surface area contributed by atoms with E-state index >= 15 is 0 Å². The van der Waals surface area contributed by atoms with Crippen LogP contribution in [0.4, 0.5) is 10.5 Å². The molecule has 9 nitrogen and oxygen atoms in total. The Balaban J connectivity index is 2.14. The molecule has 1 heterocycles. The van der Waals surface area contributed by atoms with E-state index in [1.54, 1.807) is 45.6 Å². The summed E-state index contributed by atoms with van der Waals surface area (Å²) in [7, 11) is -2.78. The van der Waals surface area contributed by atoms with E-state index in [-0.39, 0.29) is 40.3 Å². The number of carbonyl (C=O) groups is 2. The first-order valence-corrected chi connectivity index (χ1v) is 12.5. The molecule has 12 heteroatoms. The highest BCUT2D eigenvalue weighted by Crippen LogP contribution is 2.34. The summed E-state index contributed by atoms with van der Waals surface area (Å²) in [4.78, 5) is 28.2. The Bertz CT molecular complexity index is 1120. The van der Waals surface area contributed by atoms with E-state index in [1.807, 2.05) is 6.07 Å². The van der Waals surface area contributed by atoms with Gasteiger partial charge < -0.3 is 9.64 Å². The van der Waals surface area contributed by atoms with Crippen molar-refractivity contribution in [1.82, 2.24) is 9.21 Å². The predicted octanol–water partition coefficient (Wildman–Crippen LogP) is 3.51. The molecule has 0 aliphatic carbocycles. The average molecular weight is 515 g/mol. The number of carbonyl (C=O) groups excluding carboxylic acids is 2. The monoisotopic (exact) mass is 514 g/mol. The lowest BCUT2D eigenvalue weighted by atomic mass is 10.0. The zero-order valence-corrected chi connectivity index (χ0v) is 21.8. The number of nitrogens with zero attached hydrogens (tertiary/aromatic N) is 4. The normalized spacial score (nSPS) is 16.1. The van der Waals surface area contributed by atoms with Crippen LogP contribution < -0.4 is 4.90 Å². The van der Waals surface area contributed by atoms with Gasteiger partial charge in [-0.1, -0.05) is 11.6 Å². The zero-order valence-electron chi connectivity index (χ0n) is 19.4. The Labute approximate surface area is 204 Å². The topological polar surface area (TPSA) is 111 Å². The highest BCUT2D eigenvalue weighted by atomic mass is 35.5. The Kier molecular flexibility index (Phi) is 7.68. The van der Waals surface area contributed by atoms with Gasteiger partial charge in [-0.15, -0.1) is 0 Å². The zero-order chi connectivity index (χ0) is 25.4. The molecule has 0 unspecified atom stereocenters. The van der Waals surface area contributed by atoms with E-state index in [0.29, 0.717) is 9.99 Å². The van der Waals surface area contributed by atoms with E-state index in [1.165, 1.54) is 17.0 Å². The summed E-state index contributed by atoms with van der Waals surface area (Å²) in [6.07, 6.45) is -0.840. The maximum absolute atomic E-state index is 13.1. The third-order valence-electron chi connectivity index (χ3n) is 5.01. The number of ether oxygens (including phenoxy) is 1. The minimum Gasteiger partial charge on any atom is -0.443 e. The molecule has 1 aliphatic heterocycles. The van der Waals surface area contributed by atoms with E-state index in [0.717, 1.165) is 7.05 Å². The molecule has 1 aromatic rings. The molecule has 0 atom stereocenters. The molecule has 0 radical (unpaired) electrons. The van der Waals surface area contributed by atoms with Gasteiger partial charge in [-0.05, 0) is 71.5 Å². The van der Waals surface area contributed by atoms with Crippen molar-refractivity contribution >= 4 is 56.6 Å². The maximum Gasteiger partial charge on any atom is 0.423 e. The fourth-order valence-corrected chi connectivity index (χ4v) is 4.91. The van der Waals surface area contributed by atoms with Crippen molar-refractivity contribution in [2.75, 3.05) is 24.2 Å². The van der Waals surface area contributed by atoms with Gasteiger partial charge in [0.1, 0.15) is 17.2 Å². The summed E-state index contributed by atoms with van der Waals surface area (Å²) in [6.45, 7) is 8.48. The first-order valence-electron chi connectivity index (χ1n) is 10.1. The maximum atomic E-state index is 13.1. The lowest BCUT2D eigenvalue weighted by molar-refractivity contribution is -0.123. The molecule has 1 aliphatic rings. The van der Waals surface area contributed by atoms with Crippen LogP contribution in [0.15, 0.2) is 18.2 Å². The lowest BCUT2D eigenvalue weighted by Crippen LogP contribution is -2.45. The number of amides is 2. The lowest BCUT2D eigenvalue weighted by Gasteiger charge is -2.29. The molecule has 0 saturated carbocycles. The van der Waals surface area contributed by atoms with Gasteiger partial charge in [-0.2, -0.15) is 5.26 Å². The quantitative estimate of drug-likeness (QED) is 0.530. The third-order valence-corrected chi connectivity index (χ3v) is 7.51. The van der Waals surface area contributed by atoms with Gasteiger partial charge in [0.25, 0.3) is 5.91 Å². The molecule has 1 aromatic carbocycles. The molecule has 2 amide bonds. The van der Waals surface area contributed by atoms with Gasteiger partial charge in [-0.25, -0.2) is 17.5 Å². The molecule has 33 heavy (non-hydrogen) atoms. The van der Waals surface area contributed by atoms with Crippen LogP contribution in [0, 0.1) is 11.3 Å². The van der Waals surface area contributed by atoms with Gasteiger partial charge in [0.15, 0.2) is 5.11 Å². The van der Waals surface area contributed by atoms with E-state index in [2.05, 4.69) is 0 Å². The first kappa shape index (κ1) is 26.8. The summed E-state index contributed by atoms with van der Waals surface area (Å²) >= 11 is 11.6. The molecule has 0 spiro atoms. The largest absolute Gasteiger partial charge is 0.443 e. The minimum atomic E-state index is -3.93. The molecule has 1 fully saturated rings. The van der Waals surface area contributed by atoms with E-state index < -0.39 is 27.3 Å². The van der Waals surface area contributed by atoms with Gasteiger partial charge >= 0.3 is 6.09 Å². The number of hydrogen-bond acceptors (Lipinski definition) is 7. The van der Waals surface area contributed by atoms with Gasteiger partial charge in [0.05, 0.1) is 22.0 Å². The number of hydrogen-bond donors (Lipinski definition) is 0. The highest BCUT2D eigenvalue weighted by molar-refractivity contribution is 7.89. The fraction of sp³-hybridized carbons (Fsp3) is 0.524. The molecule has 2 rings (SSSR count). The Hall–Kier alpha value is -2.42. The van der Waals surface area contributed by atoms with E-state index in [9.17, 15) is 18.0 Å². The van der Waals surface area contributed by atoms with Crippen LogP contribution in [-0.4, -0.2) is 65.2 Å². The minimum absolute atomic E-state index is 0.119. The van der Waals surface area contributed by atoms with Crippen molar-refractivity contribution in [3.63, 3.8) is 0 Å². The first-order chi connectivity index (χ1) is 15.0. The third kappa shape index (κ3) is 5.75. The summed E-state index contributed by atoms with van der Waals surface area (Å²) in [6, 6.07) is 6.53. The molecule has 180 valence electrons. The standard InChI is InChI=1S/C21H27ClN4O5S2/c1-20(2,3)31-19(28)24(6)33(29,30)11-7-10-25-18(32)26(17(27)21(25,4)5)15-9-8-14(13-23)16(22)12-15/h8-9,12H,7,10-11H2,1-6H3. The smallest absolute Gasteiger partial charge is 0.423 e. The van der Waals surface area contributed by atoms with Crippen LogP contribution in [0.3, 0.4) is 0 Å². The fourth-order valence-electron chi connectivity index (χ4n) is 3.15. The number of nitriles is 1. The Morgan fingerprint density at radius 2 is 1.94 bits per heavy atom. The van der Waals surface area contributed by atoms with Crippen LogP contribution in [0.5, 0.6) is 0 Å². The summed E-state index contributed by atoms with van der Waals surface area (Å²) in [5.74, 6) is -0.642. The molecule has 0 bridgehead atoms. The van der Waals surface area contributed by atoms with Crippen molar-refractivity contribution in [2.45, 2.75) is 52.2 Å². The Morgan fingerprint density at radius 3 is 2.45 bits per heavy atom. The van der Waals surface area contributed by atoms with Crippen LogP contribution in [-0.2, 0) is 19.6 Å². The second-order valence-corrected chi connectivity index (χ2v) is 11.9. The molecular weight excluding hydrogens is 488 g/mol. The molecule has 0 aromatic heterocycles. The predicted molar refractivity (Wildman–Crippen MR) is 129 cm³/mol. The van der Waals surface area contributed by atoms with Crippen LogP contribution in [0.25, 0.3) is 0 Å².